The van der Waals surface area contributed by atoms with E-state index in [1.54, 1.807) is 62.4 Å². The number of carbonyl (C=O) groups excluding carboxylic acids is 3. The third kappa shape index (κ3) is 3.48. The Morgan fingerprint density at radius 1 is 1.10 bits per heavy atom. The van der Waals surface area contributed by atoms with E-state index in [4.69, 9.17) is 16.1 Å². The molecule has 1 unspecified atom stereocenters. The number of nitrogens with zero attached hydrogens (tertiary/aromatic N) is 2. The highest BCUT2D eigenvalue weighted by Gasteiger charge is 2.43. The van der Waals surface area contributed by atoms with Crippen LogP contribution in [0, 0.1) is 13.8 Å². The number of hydrogen-bond donors (Lipinski definition) is 1. The van der Waals surface area contributed by atoms with Gasteiger partial charge < -0.3 is 9.84 Å². The van der Waals surface area contributed by atoms with Gasteiger partial charge in [0, 0.05) is 22.7 Å². The lowest BCUT2D eigenvalue weighted by Gasteiger charge is -2.25. The molecule has 0 aliphatic carbocycles. The lowest BCUT2D eigenvalue weighted by atomic mass is 10.0. The van der Waals surface area contributed by atoms with Crippen molar-refractivity contribution in [3.05, 3.63) is 81.7 Å². The van der Waals surface area contributed by atoms with Gasteiger partial charge in [-0.1, -0.05) is 35.0 Å². The maximum atomic E-state index is 13.3. The average Bonchev–Trinajstić information content (AvgIpc) is 3.17. The number of halogens is 1. The van der Waals surface area contributed by atoms with Crippen LogP contribution in [0.5, 0.6) is 0 Å². The second-order valence-electron chi connectivity index (χ2n) is 7.05. The minimum absolute atomic E-state index is 0.0824. The summed E-state index contributed by atoms with van der Waals surface area (Å²) in [6.07, 6.45) is 0.0824. The molecule has 1 N–H and O–H groups in total. The van der Waals surface area contributed by atoms with E-state index in [-0.39, 0.29) is 17.5 Å². The van der Waals surface area contributed by atoms with Gasteiger partial charge in [-0.25, -0.2) is 0 Å². The highest BCUT2D eigenvalue weighted by molar-refractivity contribution is 6.31. The second-order valence-corrected chi connectivity index (χ2v) is 7.48. The van der Waals surface area contributed by atoms with Crippen LogP contribution in [-0.2, 0) is 11.2 Å². The van der Waals surface area contributed by atoms with Crippen LogP contribution < -0.4 is 5.32 Å². The Kier molecular flexibility index (Phi) is 5.13. The topological polar surface area (TPSA) is 92.5 Å². The molecule has 1 aliphatic heterocycles. The van der Waals surface area contributed by atoms with Gasteiger partial charge in [0.1, 0.15) is 11.8 Å². The Bertz CT molecular complexity index is 1120. The summed E-state index contributed by atoms with van der Waals surface area (Å²) in [6, 6.07) is 12.1. The smallest absolute Gasteiger partial charge is 0.262 e. The van der Waals surface area contributed by atoms with Crippen molar-refractivity contribution in [2.45, 2.75) is 26.3 Å². The number of aromatic nitrogens is 1. The molecule has 1 aromatic heterocycles. The number of imide groups is 1. The number of carbonyl (C=O) groups is 3. The fraction of sp³-hybridized carbons (Fsp3) is 0.182. The van der Waals surface area contributed by atoms with Crippen molar-refractivity contribution in [1.29, 1.82) is 0 Å². The Labute approximate surface area is 177 Å². The van der Waals surface area contributed by atoms with E-state index >= 15 is 0 Å². The number of fused-ring (bicyclic) bond motifs is 1. The third-order valence-corrected chi connectivity index (χ3v) is 5.35. The SMILES string of the molecule is Cc1noc(C)c1CC(C(=O)Nc1cccc(Cl)c1)N1C(=O)c2ccccc2C1=O. The van der Waals surface area contributed by atoms with E-state index in [0.717, 1.165) is 4.90 Å². The van der Waals surface area contributed by atoms with Crippen molar-refractivity contribution >= 4 is 35.0 Å². The standard InChI is InChI=1S/C22H18ClN3O4/c1-12-18(13(2)30-25-12)11-19(20(27)24-15-7-5-6-14(23)10-15)26-21(28)16-8-3-4-9-17(16)22(26)29/h3-10,19H,11H2,1-2H3,(H,24,27). The lowest BCUT2D eigenvalue weighted by Crippen LogP contribution is -2.48. The number of nitrogens with one attached hydrogen (secondary N) is 1. The fourth-order valence-corrected chi connectivity index (χ4v) is 3.76. The van der Waals surface area contributed by atoms with E-state index in [0.29, 0.717) is 27.7 Å². The molecule has 0 fully saturated rings. The van der Waals surface area contributed by atoms with Gasteiger partial charge in [-0.3, -0.25) is 19.3 Å². The van der Waals surface area contributed by atoms with Gasteiger partial charge in [0.15, 0.2) is 0 Å². The van der Waals surface area contributed by atoms with Crippen molar-refractivity contribution in [3.63, 3.8) is 0 Å². The molecule has 2 heterocycles. The van der Waals surface area contributed by atoms with Crippen LogP contribution in [0.4, 0.5) is 5.69 Å². The second kappa shape index (κ2) is 7.76. The highest BCUT2D eigenvalue weighted by atomic mass is 35.5. The van der Waals surface area contributed by atoms with Gasteiger partial charge in [0.25, 0.3) is 11.8 Å². The van der Waals surface area contributed by atoms with E-state index < -0.39 is 23.8 Å². The maximum absolute atomic E-state index is 13.3. The number of benzene rings is 2. The zero-order valence-corrected chi connectivity index (χ0v) is 17.1. The summed E-state index contributed by atoms with van der Waals surface area (Å²) < 4.78 is 5.20. The van der Waals surface area contributed by atoms with Crippen molar-refractivity contribution in [1.82, 2.24) is 10.1 Å². The number of aryl methyl sites for hydroxylation is 2. The molecule has 0 saturated carbocycles. The van der Waals surface area contributed by atoms with Gasteiger partial charge >= 0.3 is 0 Å². The highest BCUT2D eigenvalue weighted by Crippen LogP contribution is 2.28. The first-order valence-corrected chi connectivity index (χ1v) is 9.69. The van der Waals surface area contributed by atoms with Crippen molar-refractivity contribution in [2.75, 3.05) is 5.32 Å². The van der Waals surface area contributed by atoms with Gasteiger partial charge in [-0.05, 0) is 44.2 Å². The zero-order chi connectivity index (χ0) is 21.4. The van der Waals surface area contributed by atoms with Crippen LogP contribution >= 0.6 is 11.6 Å². The minimum Gasteiger partial charge on any atom is -0.361 e. The molecule has 8 heteroatoms. The molecule has 1 atom stereocenters. The van der Waals surface area contributed by atoms with Crippen molar-refractivity contribution < 1.29 is 18.9 Å². The minimum atomic E-state index is -1.09. The van der Waals surface area contributed by atoms with Crippen LogP contribution in [0.3, 0.4) is 0 Å². The predicted molar refractivity (Wildman–Crippen MR) is 110 cm³/mol. The molecule has 0 radical (unpaired) electrons. The van der Waals surface area contributed by atoms with Crippen LogP contribution in [0.1, 0.15) is 37.7 Å². The van der Waals surface area contributed by atoms with Crippen LogP contribution in [-0.4, -0.2) is 33.8 Å². The summed E-state index contributed by atoms with van der Waals surface area (Å²) in [4.78, 5) is 40.3. The quantitative estimate of drug-likeness (QED) is 0.630. The summed E-state index contributed by atoms with van der Waals surface area (Å²) in [6.45, 7) is 3.48. The Balaban J connectivity index is 1.72. The van der Waals surface area contributed by atoms with Crippen LogP contribution in [0.2, 0.25) is 5.02 Å². The van der Waals surface area contributed by atoms with E-state index in [1.165, 1.54) is 0 Å². The molecular weight excluding hydrogens is 406 g/mol. The molecule has 0 spiro atoms. The summed E-state index contributed by atoms with van der Waals surface area (Å²) in [5.41, 5.74) is 2.30. The number of anilines is 1. The molecule has 4 rings (SSSR count). The average molecular weight is 424 g/mol. The first-order valence-electron chi connectivity index (χ1n) is 9.32. The molecule has 1 aliphatic rings. The van der Waals surface area contributed by atoms with Gasteiger partial charge in [-0.2, -0.15) is 0 Å². The van der Waals surface area contributed by atoms with Gasteiger partial charge in [-0.15, -0.1) is 0 Å². The lowest BCUT2D eigenvalue weighted by molar-refractivity contribution is -0.119. The largest absolute Gasteiger partial charge is 0.361 e. The first kappa shape index (κ1) is 19.8. The third-order valence-electron chi connectivity index (χ3n) is 5.11. The molecule has 3 aromatic rings. The predicted octanol–water partition coefficient (Wildman–Crippen LogP) is 3.79. The molecule has 152 valence electrons. The summed E-state index contributed by atoms with van der Waals surface area (Å²) in [7, 11) is 0. The molecule has 30 heavy (non-hydrogen) atoms. The molecule has 0 bridgehead atoms. The van der Waals surface area contributed by atoms with E-state index in [9.17, 15) is 14.4 Å². The number of rotatable bonds is 5. The fourth-order valence-electron chi connectivity index (χ4n) is 3.57. The van der Waals surface area contributed by atoms with Crippen molar-refractivity contribution in [2.24, 2.45) is 0 Å². The van der Waals surface area contributed by atoms with Crippen LogP contribution in [0.15, 0.2) is 53.1 Å². The Morgan fingerprint density at radius 2 is 1.77 bits per heavy atom. The zero-order valence-electron chi connectivity index (χ0n) is 16.3. The number of hydrogen-bond acceptors (Lipinski definition) is 5. The monoisotopic (exact) mass is 423 g/mol. The molecule has 3 amide bonds. The summed E-state index contributed by atoms with van der Waals surface area (Å²) in [5, 5.41) is 7.13. The number of amides is 3. The van der Waals surface area contributed by atoms with E-state index in [2.05, 4.69) is 10.5 Å². The molecular formula is C22H18ClN3O4. The van der Waals surface area contributed by atoms with Crippen molar-refractivity contribution in [3.8, 4) is 0 Å². The van der Waals surface area contributed by atoms with Gasteiger partial charge in [0.05, 0.1) is 16.8 Å². The summed E-state index contributed by atoms with van der Waals surface area (Å²) >= 11 is 6.01. The Morgan fingerprint density at radius 3 is 2.33 bits per heavy atom. The van der Waals surface area contributed by atoms with E-state index in [1.807, 2.05) is 0 Å². The molecule has 7 nitrogen and oxygen atoms in total. The van der Waals surface area contributed by atoms with Crippen LogP contribution in [0.25, 0.3) is 0 Å². The Hall–Kier alpha value is -3.45. The normalized spacial score (nSPS) is 14.0. The maximum Gasteiger partial charge on any atom is 0.262 e. The summed E-state index contributed by atoms with van der Waals surface area (Å²) in [5.74, 6) is -0.987. The molecule has 2 aromatic carbocycles. The molecule has 0 saturated heterocycles. The van der Waals surface area contributed by atoms with Gasteiger partial charge in [0.2, 0.25) is 5.91 Å². The first-order chi connectivity index (χ1) is 14.4.